The molecule has 0 saturated carbocycles. The molecule has 0 unspecified atom stereocenters. The summed E-state index contributed by atoms with van der Waals surface area (Å²) in [7, 11) is 0. The summed E-state index contributed by atoms with van der Waals surface area (Å²) < 4.78 is 10.5. The number of carbonyl (C=O) groups is 2. The average molecular weight is 371 g/mol. The van der Waals surface area contributed by atoms with Crippen molar-refractivity contribution in [3.63, 3.8) is 0 Å². The Hall–Kier alpha value is -2.56. The van der Waals surface area contributed by atoms with Crippen LogP contribution in [-0.4, -0.2) is 30.6 Å². The first-order chi connectivity index (χ1) is 12.5. The fourth-order valence-corrected chi connectivity index (χ4v) is 3.37. The largest absolute Gasteiger partial charge is 0.482 e. The van der Waals surface area contributed by atoms with Crippen LogP contribution in [0, 0.1) is 5.41 Å². The minimum atomic E-state index is -0.577. The molecule has 27 heavy (non-hydrogen) atoms. The van der Waals surface area contributed by atoms with Crippen LogP contribution in [-0.2, 0) is 14.3 Å². The highest BCUT2D eigenvalue weighted by Gasteiger charge is 2.27. The molecule has 0 fully saturated rings. The summed E-state index contributed by atoms with van der Waals surface area (Å²) in [5, 5.41) is 5.04. The number of hydrogen-bond acceptors (Lipinski definition) is 4. The molecule has 0 atom stereocenters. The highest BCUT2D eigenvalue weighted by atomic mass is 16.6. The molecule has 0 radical (unpaired) electrons. The third-order valence-corrected chi connectivity index (χ3v) is 3.89. The second kappa shape index (κ2) is 8.42. The van der Waals surface area contributed by atoms with E-state index in [4.69, 9.17) is 9.47 Å². The Morgan fingerprint density at radius 2 is 1.59 bits per heavy atom. The van der Waals surface area contributed by atoms with E-state index in [1.807, 2.05) is 50.2 Å². The molecule has 1 amide bonds. The van der Waals surface area contributed by atoms with E-state index in [1.165, 1.54) is 0 Å². The molecule has 146 valence electrons. The molecule has 1 N–H and O–H groups in total. The number of esters is 1. The Balaban J connectivity index is 1.77. The predicted molar refractivity (Wildman–Crippen MR) is 107 cm³/mol. The van der Waals surface area contributed by atoms with Crippen molar-refractivity contribution in [2.45, 2.75) is 46.6 Å². The predicted octanol–water partition coefficient (Wildman–Crippen LogP) is 4.09. The van der Waals surface area contributed by atoms with E-state index in [1.54, 1.807) is 6.07 Å². The van der Waals surface area contributed by atoms with Crippen LogP contribution in [0.25, 0.3) is 10.8 Å². The third-order valence-electron chi connectivity index (χ3n) is 3.89. The van der Waals surface area contributed by atoms with E-state index < -0.39 is 5.97 Å². The van der Waals surface area contributed by atoms with Gasteiger partial charge in [-0.25, -0.2) is 4.79 Å². The van der Waals surface area contributed by atoms with E-state index in [0.717, 1.165) is 17.2 Å². The summed E-state index contributed by atoms with van der Waals surface area (Å²) in [6.45, 7) is 9.72. The maximum atomic E-state index is 12.0. The highest BCUT2D eigenvalue weighted by Crippen LogP contribution is 2.26. The summed E-state index contributed by atoms with van der Waals surface area (Å²) >= 11 is 0. The first kappa shape index (κ1) is 20.7. The second-order valence-corrected chi connectivity index (χ2v) is 8.63. The van der Waals surface area contributed by atoms with Gasteiger partial charge in [-0.05, 0) is 48.6 Å². The summed E-state index contributed by atoms with van der Waals surface area (Å²) in [6.07, 6.45) is 0.810. The van der Waals surface area contributed by atoms with Crippen LogP contribution < -0.4 is 10.1 Å². The van der Waals surface area contributed by atoms with Crippen LogP contribution in [0.15, 0.2) is 42.5 Å². The molecule has 0 aliphatic carbocycles. The number of amides is 1. The standard InChI is InChI=1S/C22H29NO4/c1-21(2,3)15-22(4,5)23-19(24)13-27-20(25)14-26-18-11-10-16-8-6-7-9-17(16)12-18/h6-12H,13-15H2,1-5H3,(H,23,24). The van der Waals surface area contributed by atoms with Crippen LogP contribution in [0.4, 0.5) is 0 Å². The van der Waals surface area contributed by atoms with Gasteiger partial charge in [0.2, 0.25) is 0 Å². The zero-order chi connectivity index (χ0) is 20.1. The molecule has 0 bridgehead atoms. The van der Waals surface area contributed by atoms with Crippen LogP contribution in [0.2, 0.25) is 0 Å². The number of carbonyl (C=O) groups excluding carboxylic acids is 2. The number of fused-ring (bicyclic) bond motifs is 1. The van der Waals surface area contributed by atoms with E-state index in [-0.39, 0.29) is 30.1 Å². The topological polar surface area (TPSA) is 64.6 Å². The van der Waals surface area contributed by atoms with Crippen LogP contribution >= 0.6 is 0 Å². The Morgan fingerprint density at radius 3 is 2.26 bits per heavy atom. The van der Waals surface area contributed by atoms with E-state index in [2.05, 4.69) is 26.1 Å². The summed E-state index contributed by atoms with van der Waals surface area (Å²) in [5.74, 6) is -0.309. The van der Waals surface area contributed by atoms with Gasteiger partial charge in [-0.15, -0.1) is 0 Å². The van der Waals surface area contributed by atoms with Gasteiger partial charge in [0.1, 0.15) is 5.75 Å². The first-order valence-electron chi connectivity index (χ1n) is 9.12. The van der Waals surface area contributed by atoms with Gasteiger partial charge < -0.3 is 14.8 Å². The lowest BCUT2D eigenvalue weighted by Gasteiger charge is -2.33. The molecule has 0 aliphatic heterocycles. The summed E-state index contributed by atoms with van der Waals surface area (Å²) in [5.41, 5.74) is -0.287. The smallest absolute Gasteiger partial charge is 0.344 e. The van der Waals surface area contributed by atoms with Crippen molar-refractivity contribution < 1.29 is 19.1 Å². The van der Waals surface area contributed by atoms with E-state index in [0.29, 0.717) is 5.75 Å². The molecule has 0 heterocycles. The molecule has 0 spiro atoms. The third kappa shape index (κ3) is 7.29. The number of nitrogens with one attached hydrogen (secondary N) is 1. The van der Waals surface area contributed by atoms with Crippen molar-refractivity contribution in [1.29, 1.82) is 0 Å². The van der Waals surface area contributed by atoms with Crippen molar-refractivity contribution in [1.82, 2.24) is 5.32 Å². The van der Waals surface area contributed by atoms with Crippen molar-refractivity contribution in [2.75, 3.05) is 13.2 Å². The van der Waals surface area contributed by atoms with Crippen molar-refractivity contribution in [3.8, 4) is 5.75 Å². The summed E-state index contributed by atoms with van der Waals surface area (Å²) in [4.78, 5) is 23.9. The first-order valence-corrected chi connectivity index (χ1v) is 9.12. The van der Waals surface area contributed by atoms with Crippen LogP contribution in [0.5, 0.6) is 5.75 Å². The van der Waals surface area contributed by atoms with Crippen molar-refractivity contribution >= 4 is 22.6 Å². The molecular formula is C22H29NO4. The number of benzene rings is 2. The summed E-state index contributed by atoms with van der Waals surface area (Å²) in [6, 6.07) is 13.5. The zero-order valence-corrected chi connectivity index (χ0v) is 16.8. The van der Waals surface area contributed by atoms with Gasteiger partial charge in [0.05, 0.1) is 0 Å². The number of rotatable bonds is 7. The Bertz CT molecular complexity index is 805. The average Bonchev–Trinajstić information content (AvgIpc) is 2.55. The van der Waals surface area contributed by atoms with Gasteiger partial charge >= 0.3 is 5.97 Å². The lowest BCUT2D eigenvalue weighted by atomic mass is 9.82. The molecule has 2 rings (SSSR count). The molecule has 0 saturated heterocycles. The zero-order valence-electron chi connectivity index (χ0n) is 16.8. The molecule has 2 aromatic rings. The normalized spacial score (nSPS) is 11.9. The molecule has 2 aromatic carbocycles. The fourth-order valence-electron chi connectivity index (χ4n) is 3.37. The Morgan fingerprint density at radius 1 is 0.926 bits per heavy atom. The lowest BCUT2D eigenvalue weighted by molar-refractivity contribution is -0.151. The number of hydrogen-bond donors (Lipinski definition) is 1. The quantitative estimate of drug-likeness (QED) is 0.745. The maximum absolute atomic E-state index is 12.0. The molecule has 5 heteroatoms. The lowest BCUT2D eigenvalue weighted by Crippen LogP contribution is -2.47. The molecular weight excluding hydrogens is 342 g/mol. The van der Waals surface area contributed by atoms with Gasteiger partial charge in [0.15, 0.2) is 13.2 Å². The Kier molecular flexibility index (Phi) is 6.47. The van der Waals surface area contributed by atoms with Gasteiger partial charge in [0.25, 0.3) is 5.91 Å². The number of ether oxygens (including phenoxy) is 2. The van der Waals surface area contributed by atoms with Gasteiger partial charge in [-0.2, -0.15) is 0 Å². The minimum Gasteiger partial charge on any atom is -0.482 e. The van der Waals surface area contributed by atoms with Crippen molar-refractivity contribution in [2.24, 2.45) is 5.41 Å². The molecule has 0 aromatic heterocycles. The van der Waals surface area contributed by atoms with Gasteiger partial charge in [-0.1, -0.05) is 51.1 Å². The fraction of sp³-hybridized carbons (Fsp3) is 0.455. The Labute approximate surface area is 161 Å². The second-order valence-electron chi connectivity index (χ2n) is 8.63. The highest BCUT2D eigenvalue weighted by molar-refractivity contribution is 5.84. The SMILES string of the molecule is CC(C)(C)CC(C)(C)NC(=O)COC(=O)COc1ccc2ccccc2c1. The molecule has 5 nitrogen and oxygen atoms in total. The minimum absolute atomic E-state index is 0.0845. The van der Waals surface area contributed by atoms with Crippen molar-refractivity contribution in [3.05, 3.63) is 42.5 Å². The van der Waals surface area contributed by atoms with Crippen LogP contribution in [0.1, 0.15) is 41.0 Å². The van der Waals surface area contributed by atoms with E-state index >= 15 is 0 Å². The van der Waals surface area contributed by atoms with Gasteiger partial charge in [-0.3, -0.25) is 4.79 Å². The maximum Gasteiger partial charge on any atom is 0.344 e. The monoisotopic (exact) mass is 371 g/mol. The van der Waals surface area contributed by atoms with Gasteiger partial charge in [0, 0.05) is 5.54 Å². The van der Waals surface area contributed by atoms with Crippen LogP contribution in [0.3, 0.4) is 0 Å². The molecule has 0 aliphatic rings. The van der Waals surface area contributed by atoms with E-state index in [9.17, 15) is 9.59 Å².